The Bertz CT molecular complexity index is 3160. The standard InChI is InChI=1S/C51H33N5/c1-5-17-34(18-6-1)37-31-38(51-53-49(35-19-7-2-8-20-35)52-50(54-51)36-21-9-3-10-22-36)33-40(32-37)56-44-27-15-13-25-41(44)42-29-30-46-47(48(42)56)43-26-14-16-28-45(43)55(46)39-23-11-4-12-24-39/h1-33H. The number of aromatic nitrogens is 5. The third kappa shape index (κ3) is 5.21. The van der Waals surface area contributed by atoms with Gasteiger partial charge in [0.1, 0.15) is 0 Å². The number of hydrogen-bond donors (Lipinski definition) is 0. The van der Waals surface area contributed by atoms with E-state index in [1.807, 2.05) is 36.4 Å². The molecule has 56 heavy (non-hydrogen) atoms. The van der Waals surface area contributed by atoms with Gasteiger partial charge in [-0.25, -0.2) is 15.0 Å². The lowest BCUT2D eigenvalue weighted by Crippen LogP contribution is -2.02. The van der Waals surface area contributed by atoms with Gasteiger partial charge in [0.25, 0.3) is 0 Å². The van der Waals surface area contributed by atoms with Crippen molar-refractivity contribution in [2.24, 2.45) is 0 Å². The fourth-order valence-corrected chi connectivity index (χ4v) is 8.24. The van der Waals surface area contributed by atoms with E-state index in [1.54, 1.807) is 0 Å². The van der Waals surface area contributed by atoms with Crippen LogP contribution >= 0.6 is 0 Å². The van der Waals surface area contributed by atoms with Crippen molar-refractivity contribution >= 4 is 43.6 Å². The van der Waals surface area contributed by atoms with Crippen molar-refractivity contribution in [2.45, 2.75) is 0 Å². The van der Waals surface area contributed by atoms with Gasteiger partial charge in [-0.3, -0.25) is 0 Å². The van der Waals surface area contributed by atoms with Crippen molar-refractivity contribution in [1.82, 2.24) is 24.1 Å². The third-order valence-electron chi connectivity index (χ3n) is 10.7. The predicted molar refractivity (Wildman–Crippen MR) is 230 cm³/mol. The highest BCUT2D eigenvalue weighted by molar-refractivity contribution is 6.26. The summed E-state index contributed by atoms with van der Waals surface area (Å²) in [5.74, 6) is 1.88. The molecule has 8 aromatic carbocycles. The van der Waals surface area contributed by atoms with Crippen LogP contribution in [0, 0.1) is 0 Å². The van der Waals surface area contributed by atoms with E-state index in [4.69, 9.17) is 15.0 Å². The molecule has 0 fully saturated rings. The topological polar surface area (TPSA) is 48.5 Å². The molecule has 5 nitrogen and oxygen atoms in total. The van der Waals surface area contributed by atoms with Crippen LogP contribution in [0.4, 0.5) is 0 Å². The van der Waals surface area contributed by atoms with E-state index in [2.05, 4.69) is 173 Å². The predicted octanol–water partition coefficient (Wildman–Crippen LogP) is 12.7. The summed E-state index contributed by atoms with van der Waals surface area (Å²) in [6.07, 6.45) is 0. The molecule has 0 aliphatic rings. The molecule has 3 heterocycles. The van der Waals surface area contributed by atoms with Crippen LogP contribution in [-0.4, -0.2) is 24.1 Å². The van der Waals surface area contributed by atoms with Gasteiger partial charge in [-0.1, -0.05) is 152 Å². The second-order valence-electron chi connectivity index (χ2n) is 14.1. The van der Waals surface area contributed by atoms with E-state index in [9.17, 15) is 0 Å². The molecule has 0 atom stereocenters. The van der Waals surface area contributed by atoms with Crippen LogP contribution in [0.15, 0.2) is 200 Å². The average molecular weight is 716 g/mol. The minimum Gasteiger partial charge on any atom is -0.309 e. The minimum atomic E-state index is 0.614. The molecule has 11 aromatic rings. The van der Waals surface area contributed by atoms with Crippen molar-refractivity contribution in [2.75, 3.05) is 0 Å². The molecule has 0 aliphatic carbocycles. The first-order chi connectivity index (χ1) is 27.8. The summed E-state index contributed by atoms with van der Waals surface area (Å²) in [6, 6.07) is 70.4. The molecule has 0 saturated carbocycles. The van der Waals surface area contributed by atoms with Gasteiger partial charge >= 0.3 is 0 Å². The highest BCUT2D eigenvalue weighted by Gasteiger charge is 2.22. The molecule has 0 saturated heterocycles. The maximum atomic E-state index is 5.17. The summed E-state index contributed by atoms with van der Waals surface area (Å²) in [6.45, 7) is 0. The molecule has 3 aromatic heterocycles. The van der Waals surface area contributed by atoms with Crippen LogP contribution < -0.4 is 0 Å². The molecule has 262 valence electrons. The van der Waals surface area contributed by atoms with E-state index in [1.165, 1.54) is 27.1 Å². The van der Waals surface area contributed by atoms with E-state index in [-0.39, 0.29) is 0 Å². The minimum absolute atomic E-state index is 0.614. The zero-order valence-corrected chi connectivity index (χ0v) is 30.3. The van der Waals surface area contributed by atoms with Gasteiger partial charge in [-0.2, -0.15) is 0 Å². The largest absolute Gasteiger partial charge is 0.309 e. The monoisotopic (exact) mass is 715 g/mol. The van der Waals surface area contributed by atoms with Crippen LogP contribution in [0.25, 0.3) is 100 Å². The molecule has 0 N–H and O–H groups in total. The first kappa shape index (κ1) is 31.9. The third-order valence-corrected chi connectivity index (χ3v) is 10.7. The summed E-state index contributed by atoms with van der Waals surface area (Å²) in [4.78, 5) is 15.3. The highest BCUT2D eigenvalue weighted by Crippen LogP contribution is 2.43. The van der Waals surface area contributed by atoms with E-state index < -0.39 is 0 Å². The fraction of sp³-hybridized carbons (Fsp3) is 0. The quantitative estimate of drug-likeness (QED) is 0.172. The van der Waals surface area contributed by atoms with Crippen molar-refractivity contribution in [3.05, 3.63) is 200 Å². The Morgan fingerprint density at radius 3 is 1.39 bits per heavy atom. The average Bonchev–Trinajstić information content (AvgIpc) is 3.80. The normalized spacial score (nSPS) is 11.6. The Morgan fingerprint density at radius 2 is 0.768 bits per heavy atom. The molecule has 0 aliphatic heterocycles. The van der Waals surface area contributed by atoms with Crippen LogP contribution in [0.1, 0.15) is 0 Å². The first-order valence-corrected chi connectivity index (χ1v) is 18.9. The van der Waals surface area contributed by atoms with E-state index >= 15 is 0 Å². The summed E-state index contributed by atoms with van der Waals surface area (Å²) >= 11 is 0. The van der Waals surface area contributed by atoms with Crippen molar-refractivity contribution in [3.8, 4) is 56.7 Å². The van der Waals surface area contributed by atoms with Gasteiger partial charge in [0, 0.05) is 49.6 Å². The molecule has 0 spiro atoms. The number of rotatable bonds is 6. The number of hydrogen-bond acceptors (Lipinski definition) is 3. The summed E-state index contributed by atoms with van der Waals surface area (Å²) < 4.78 is 4.83. The molecule has 5 heteroatoms. The van der Waals surface area contributed by atoms with Gasteiger partial charge < -0.3 is 9.13 Å². The molecule has 0 unspecified atom stereocenters. The second-order valence-corrected chi connectivity index (χ2v) is 14.1. The van der Waals surface area contributed by atoms with Gasteiger partial charge in [0.2, 0.25) is 0 Å². The van der Waals surface area contributed by atoms with E-state index in [0.717, 1.165) is 55.7 Å². The first-order valence-electron chi connectivity index (χ1n) is 18.9. The van der Waals surface area contributed by atoms with Crippen LogP contribution in [0.2, 0.25) is 0 Å². The Labute approximate surface area is 323 Å². The maximum Gasteiger partial charge on any atom is 0.164 e. The van der Waals surface area contributed by atoms with E-state index in [0.29, 0.717) is 17.5 Å². The van der Waals surface area contributed by atoms with Crippen molar-refractivity contribution < 1.29 is 0 Å². The Morgan fingerprint density at radius 1 is 0.286 bits per heavy atom. The zero-order chi connectivity index (χ0) is 37.0. The number of fused-ring (bicyclic) bond motifs is 7. The summed E-state index contributed by atoms with van der Waals surface area (Å²) in [5.41, 5.74) is 11.8. The molecule has 0 bridgehead atoms. The molecular formula is C51H33N5. The molecule has 0 radical (unpaired) electrons. The number of benzene rings is 8. The van der Waals surface area contributed by atoms with Gasteiger partial charge in [0.05, 0.1) is 22.1 Å². The van der Waals surface area contributed by atoms with Gasteiger partial charge in [-0.15, -0.1) is 0 Å². The molecular weight excluding hydrogens is 683 g/mol. The Hall–Kier alpha value is -7.63. The molecule has 0 amide bonds. The second kappa shape index (κ2) is 13.0. The molecule has 11 rings (SSSR count). The zero-order valence-electron chi connectivity index (χ0n) is 30.3. The number of para-hydroxylation sites is 3. The van der Waals surface area contributed by atoms with Gasteiger partial charge in [0.15, 0.2) is 17.5 Å². The lowest BCUT2D eigenvalue weighted by Gasteiger charge is -2.15. The maximum absolute atomic E-state index is 5.17. The fourth-order valence-electron chi connectivity index (χ4n) is 8.24. The van der Waals surface area contributed by atoms with Crippen LogP contribution in [0.3, 0.4) is 0 Å². The highest BCUT2D eigenvalue weighted by atomic mass is 15.0. The van der Waals surface area contributed by atoms with Crippen LogP contribution in [-0.2, 0) is 0 Å². The summed E-state index contributed by atoms with van der Waals surface area (Å²) in [5, 5.41) is 4.82. The van der Waals surface area contributed by atoms with Crippen molar-refractivity contribution in [3.63, 3.8) is 0 Å². The Kier molecular flexibility index (Phi) is 7.42. The van der Waals surface area contributed by atoms with Gasteiger partial charge in [-0.05, 0) is 59.7 Å². The van der Waals surface area contributed by atoms with Crippen LogP contribution in [0.5, 0.6) is 0 Å². The SMILES string of the molecule is c1ccc(-c2cc(-c3nc(-c4ccccc4)nc(-c4ccccc4)n3)cc(-n3c4ccccc4c4ccc5c(c6ccccc6n5-c5ccccc5)c43)c2)cc1. The lowest BCUT2D eigenvalue weighted by molar-refractivity contribution is 1.07. The smallest absolute Gasteiger partial charge is 0.164 e. The lowest BCUT2D eigenvalue weighted by atomic mass is 10.0. The summed E-state index contributed by atoms with van der Waals surface area (Å²) in [7, 11) is 0. The number of nitrogens with zero attached hydrogens (tertiary/aromatic N) is 5. The Balaban J connectivity index is 1.25. The van der Waals surface area contributed by atoms with Crippen molar-refractivity contribution in [1.29, 1.82) is 0 Å².